The molecule has 0 saturated carbocycles. The first-order chi connectivity index (χ1) is 24.6. The van der Waals surface area contributed by atoms with Crippen LogP contribution in [0.2, 0.25) is 0 Å². The van der Waals surface area contributed by atoms with Crippen LogP contribution in [0.1, 0.15) is 57.8 Å². The molecule has 0 bridgehead atoms. The first-order valence-corrected chi connectivity index (χ1v) is 17.8. The number of anilines is 2. The number of thiazole rings is 1. The number of carbonyl (C=O) groups is 5. The Hall–Kier alpha value is -5.41. The molecule has 3 aromatic carbocycles. The van der Waals surface area contributed by atoms with Gasteiger partial charge in [-0.05, 0) is 87.0 Å². The number of carbonyl (C=O) groups excluding carboxylic acids is 5. The third kappa shape index (κ3) is 7.25. The number of hydrogen-bond acceptors (Lipinski definition) is 12. The van der Waals surface area contributed by atoms with Gasteiger partial charge in [0.2, 0.25) is 11.8 Å². The van der Waals surface area contributed by atoms with E-state index in [0.29, 0.717) is 38.2 Å². The Morgan fingerprint density at radius 2 is 1.43 bits per heavy atom. The van der Waals surface area contributed by atoms with Crippen LogP contribution in [0, 0.1) is 5.92 Å². The standard InChI is InChI=1S/C36H33N3O10S2/c1-4-46-25-17-21(11-16-24(25)49-18-26(40)37-22-12-7-19(8-13-22)34(43)47-5-2)27-28-30(50-31-29(27)51-36(45)38-31)33(42)39(32(28)41)23-14-9-20(10-15-23)35(44)48-6-3/h7-17,27-28,30H,4-6,18H2,1-3H3,(H,37,40)(H,38,45)/t27-,28-,30+/m0/s1. The molecule has 3 amide bonds. The van der Waals surface area contributed by atoms with E-state index < -0.39 is 46.7 Å². The second kappa shape index (κ2) is 15.2. The van der Waals surface area contributed by atoms with Gasteiger partial charge in [0.25, 0.3) is 5.91 Å². The summed E-state index contributed by atoms with van der Waals surface area (Å²) in [6.45, 7) is 5.57. The van der Waals surface area contributed by atoms with Crippen molar-refractivity contribution in [3.8, 4) is 11.5 Å². The largest absolute Gasteiger partial charge is 0.490 e. The van der Waals surface area contributed by atoms with Gasteiger partial charge in [0.05, 0.1) is 47.6 Å². The van der Waals surface area contributed by atoms with Crippen LogP contribution < -0.4 is 24.6 Å². The molecule has 0 spiro atoms. The smallest absolute Gasteiger partial charge is 0.338 e. The maximum atomic E-state index is 14.2. The Labute approximate surface area is 300 Å². The summed E-state index contributed by atoms with van der Waals surface area (Å²) < 4.78 is 21.8. The highest BCUT2D eigenvalue weighted by molar-refractivity contribution is 8.00. The lowest BCUT2D eigenvalue weighted by Gasteiger charge is -2.30. The number of aromatic amines is 1. The minimum Gasteiger partial charge on any atom is -0.490 e. The molecule has 1 fully saturated rings. The van der Waals surface area contributed by atoms with Crippen molar-refractivity contribution < 1.29 is 42.9 Å². The minimum absolute atomic E-state index is 0.209. The maximum absolute atomic E-state index is 14.2. The van der Waals surface area contributed by atoms with Crippen LogP contribution in [-0.2, 0) is 23.9 Å². The Kier molecular flexibility index (Phi) is 10.6. The first kappa shape index (κ1) is 35.4. The highest BCUT2D eigenvalue weighted by Crippen LogP contribution is 2.53. The number of fused-ring (bicyclic) bond motifs is 2. The van der Waals surface area contributed by atoms with E-state index in [1.807, 2.05) is 0 Å². The number of thioether (sulfide) groups is 1. The number of nitrogens with one attached hydrogen (secondary N) is 2. The lowest BCUT2D eigenvalue weighted by Crippen LogP contribution is -2.32. The summed E-state index contributed by atoms with van der Waals surface area (Å²) in [5, 5.41) is 2.40. The summed E-state index contributed by atoms with van der Waals surface area (Å²) in [5.41, 5.74) is 2.04. The molecule has 0 aliphatic carbocycles. The molecule has 2 aliphatic heterocycles. The number of nitrogens with zero attached hydrogens (tertiary/aromatic N) is 1. The fourth-order valence-electron chi connectivity index (χ4n) is 5.94. The van der Waals surface area contributed by atoms with E-state index in [0.717, 1.165) is 28.0 Å². The van der Waals surface area contributed by atoms with Gasteiger partial charge in [0.1, 0.15) is 5.25 Å². The third-order valence-electron chi connectivity index (χ3n) is 8.13. The quantitative estimate of drug-likeness (QED) is 0.149. The summed E-state index contributed by atoms with van der Waals surface area (Å²) in [5.74, 6) is -3.25. The molecule has 2 N–H and O–H groups in total. The van der Waals surface area contributed by atoms with Gasteiger partial charge in [-0.25, -0.2) is 14.5 Å². The monoisotopic (exact) mass is 731 g/mol. The van der Waals surface area contributed by atoms with Gasteiger partial charge in [0, 0.05) is 16.5 Å². The predicted octanol–water partition coefficient (Wildman–Crippen LogP) is 5.00. The number of benzene rings is 3. The second-order valence-corrected chi connectivity index (χ2v) is 13.5. The number of ether oxygens (including phenoxy) is 4. The zero-order valence-corrected chi connectivity index (χ0v) is 29.4. The van der Waals surface area contributed by atoms with Crippen LogP contribution in [-0.4, -0.2) is 66.3 Å². The van der Waals surface area contributed by atoms with E-state index in [2.05, 4.69) is 10.3 Å². The van der Waals surface area contributed by atoms with Crippen LogP contribution >= 0.6 is 23.1 Å². The molecule has 4 aromatic rings. The van der Waals surface area contributed by atoms with Gasteiger partial charge in [-0.1, -0.05) is 29.2 Å². The van der Waals surface area contributed by atoms with Gasteiger partial charge in [0.15, 0.2) is 18.1 Å². The van der Waals surface area contributed by atoms with E-state index in [1.165, 1.54) is 24.3 Å². The fraction of sp³-hybridized carbons (Fsp3) is 0.278. The number of H-pyrrole nitrogens is 1. The van der Waals surface area contributed by atoms with Gasteiger partial charge in [-0.3, -0.25) is 19.2 Å². The van der Waals surface area contributed by atoms with Crippen molar-refractivity contribution in [3.63, 3.8) is 0 Å². The van der Waals surface area contributed by atoms with Crippen molar-refractivity contribution in [2.75, 3.05) is 36.6 Å². The molecule has 0 unspecified atom stereocenters. The van der Waals surface area contributed by atoms with Crippen LogP contribution in [0.4, 0.5) is 11.4 Å². The van der Waals surface area contributed by atoms with Gasteiger partial charge < -0.3 is 29.2 Å². The summed E-state index contributed by atoms with van der Waals surface area (Å²) in [4.78, 5) is 81.6. The molecule has 1 saturated heterocycles. The Morgan fingerprint density at radius 1 is 0.784 bits per heavy atom. The van der Waals surface area contributed by atoms with Crippen molar-refractivity contribution in [1.29, 1.82) is 0 Å². The minimum atomic E-state index is -0.853. The summed E-state index contributed by atoms with van der Waals surface area (Å²) in [6.07, 6.45) is 0. The summed E-state index contributed by atoms with van der Waals surface area (Å²) in [6, 6.07) is 17.4. The molecule has 51 heavy (non-hydrogen) atoms. The lowest BCUT2D eigenvalue weighted by molar-refractivity contribution is -0.122. The van der Waals surface area contributed by atoms with Crippen LogP contribution in [0.3, 0.4) is 0 Å². The van der Waals surface area contributed by atoms with Gasteiger partial charge in [-0.2, -0.15) is 0 Å². The maximum Gasteiger partial charge on any atom is 0.338 e. The van der Waals surface area contributed by atoms with Crippen LogP contribution in [0.25, 0.3) is 0 Å². The predicted molar refractivity (Wildman–Crippen MR) is 189 cm³/mol. The SMILES string of the molecule is CCOC(=O)c1ccc(NC(=O)COc2ccc([C@@H]3c4sc(=O)[nH]c4S[C@H]4C(=O)N(c5ccc(C(=O)OCC)cc5)C(=O)[C@@H]34)cc2OCC)cc1. The van der Waals surface area contributed by atoms with Gasteiger partial charge in [-0.15, -0.1) is 0 Å². The Balaban J connectivity index is 1.24. The van der Waals surface area contributed by atoms with Crippen LogP contribution in [0.5, 0.6) is 11.5 Å². The topological polar surface area (TPSA) is 170 Å². The number of esters is 2. The van der Waals surface area contributed by atoms with Crippen molar-refractivity contribution >= 4 is 64.1 Å². The molecule has 3 heterocycles. The number of imide groups is 1. The number of aromatic nitrogens is 1. The third-order valence-corrected chi connectivity index (χ3v) is 10.5. The van der Waals surface area contributed by atoms with E-state index in [-0.39, 0.29) is 42.6 Å². The molecule has 2 aliphatic rings. The molecular weight excluding hydrogens is 699 g/mol. The second-order valence-electron chi connectivity index (χ2n) is 11.3. The van der Waals surface area contributed by atoms with Crippen molar-refractivity contribution in [3.05, 3.63) is 98.0 Å². The highest BCUT2D eigenvalue weighted by Gasteiger charge is 2.56. The molecule has 15 heteroatoms. The van der Waals surface area contributed by atoms with Crippen LogP contribution in [0.15, 0.2) is 76.6 Å². The first-order valence-electron chi connectivity index (χ1n) is 16.1. The van der Waals surface area contributed by atoms with E-state index in [9.17, 15) is 28.8 Å². The number of hydrogen-bond donors (Lipinski definition) is 2. The van der Waals surface area contributed by atoms with E-state index in [4.69, 9.17) is 18.9 Å². The van der Waals surface area contributed by atoms with E-state index >= 15 is 0 Å². The zero-order valence-electron chi connectivity index (χ0n) is 27.8. The summed E-state index contributed by atoms with van der Waals surface area (Å²) >= 11 is 2.13. The highest BCUT2D eigenvalue weighted by atomic mass is 32.2. The average Bonchev–Trinajstić information content (AvgIpc) is 3.62. The van der Waals surface area contributed by atoms with Crippen molar-refractivity contribution in [2.24, 2.45) is 5.92 Å². The fourth-order valence-corrected chi connectivity index (χ4v) is 8.46. The van der Waals surface area contributed by atoms with Crippen molar-refractivity contribution in [1.82, 2.24) is 4.98 Å². The molecular formula is C36H33N3O10S2. The zero-order chi connectivity index (χ0) is 36.2. The molecule has 6 rings (SSSR count). The normalized spacial score (nSPS) is 17.7. The van der Waals surface area contributed by atoms with Gasteiger partial charge >= 0.3 is 16.8 Å². The number of rotatable bonds is 12. The molecule has 0 radical (unpaired) electrons. The van der Waals surface area contributed by atoms with E-state index in [1.54, 1.807) is 63.2 Å². The molecule has 264 valence electrons. The Morgan fingerprint density at radius 3 is 2.06 bits per heavy atom. The van der Waals surface area contributed by atoms with Crippen molar-refractivity contribution in [2.45, 2.75) is 37.0 Å². The number of amides is 3. The molecule has 13 nitrogen and oxygen atoms in total. The molecule has 3 atom stereocenters. The lowest BCUT2D eigenvalue weighted by atomic mass is 9.83. The average molecular weight is 732 g/mol. The molecule has 1 aromatic heterocycles. The Bertz CT molecular complexity index is 2040. The summed E-state index contributed by atoms with van der Waals surface area (Å²) in [7, 11) is 0.